The Balaban J connectivity index is 1.97. The third-order valence-electron chi connectivity index (χ3n) is 5.00. The molecule has 0 bridgehead atoms. The zero-order valence-electron chi connectivity index (χ0n) is 11.9. The van der Waals surface area contributed by atoms with Crippen LogP contribution in [-0.2, 0) is 0 Å². The lowest BCUT2D eigenvalue weighted by atomic mass is 9.83. The Labute approximate surface area is 111 Å². The first kappa shape index (κ1) is 14.3. The third kappa shape index (κ3) is 2.87. The lowest BCUT2D eigenvalue weighted by molar-refractivity contribution is 0.000777. The molecule has 0 saturated carbocycles. The molecule has 0 radical (unpaired) electrons. The first-order valence-corrected chi connectivity index (χ1v) is 7.48. The van der Waals surface area contributed by atoms with Crippen molar-refractivity contribution >= 4 is 0 Å². The molecule has 4 atom stereocenters. The van der Waals surface area contributed by atoms with Crippen LogP contribution in [0.2, 0.25) is 0 Å². The summed E-state index contributed by atoms with van der Waals surface area (Å²) in [6, 6.07) is 1.02. The number of piperidine rings is 2. The molecule has 18 heavy (non-hydrogen) atoms. The number of nitrogens with zero attached hydrogens (tertiary/aromatic N) is 2. The van der Waals surface area contributed by atoms with E-state index in [4.69, 9.17) is 5.73 Å². The molecule has 0 aromatic rings. The van der Waals surface area contributed by atoms with Gasteiger partial charge in [0.15, 0.2) is 0 Å². The largest absolute Gasteiger partial charge is 0.395 e. The fourth-order valence-corrected chi connectivity index (χ4v) is 3.78. The van der Waals surface area contributed by atoms with Gasteiger partial charge >= 0.3 is 0 Å². The van der Waals surface area contributed by atoms with Gasteiger partial charge in [-0.15, -0.1) is 0 Å². The second-order valence-corrected chi connectivity index (χ2v) is 6.06. The van der Waals surface area contributed by atoms with Crippen LogP contribution in [0.25, 0.3) is 0 Å². The van der Waals surface area contributed by atoms with E-state index in [0.717, 1.165) is 31.5 Å². The maximum Gasteiger partial charge on any atom is 0.0601 e. The van der Waals surface area contributed by atoms with Crippen molar-refractivity contribution in [3.05, 3.63) is 0 Å². The van der Waals surface area contributed by atoms with Gasteiger partial charge < -0.3 is 15.7 Å². The summed E-state index contributed by atoms with van der Waals surface area (Å²) >= 11 is 0. The molecule has 2 saturated heterocycles. The average molecular weight is 255 g/mol. The van der Waals surface area contributed by atoms with Crippen LogP contribution in [0.5, 0.6) is 0 Å². The minimum Gasteiger partial charge on any atom is -0.395 e. The summed E-state index contributed by atoms with van der Waals surface area (Å²) in [4.78, 5) is 4.97. The number of hydrogen-bond donors (Lipinski definition) is 2. The molecule has 0 aromatic heterocycles. The summed E-state index contributed by atoms with van der Waals surface area (Å²) < 4.78 is 0. The van der Waals surface area contributed by atoms with Crippen molar-refractivity contribution in [1.29, 1.82) is 0 Å². The van der Waals surface area contributed by atoms with E-state index < -0.39 is 0 Å². The molecule has 0 aliphatic carbocycles. The molecule has 0 spiro atoms. The highest BCUT2D eigenvalue weighted by Gasteiger charge is 2.37. The number of aliphatic hydroxyl groups is 1. The van der Waals surface area contributed by atoms with Gasteiger partial charge in [0.1, 0.15) is 0 Å². The molecule has 2 aliphatic rings. The molecule has 2 heterocycles. The minimum absolute atomic E-state index is 0.105. The molecule has 4 heteroatoms. The number of rotatable bonds is 4. The number of nitrogens with two attached hydrogens (primary N) is 1. The molecule has 106 valence electrons. The van der Waals surface area contributed by atoms with Crippen LogP contribution in [0, 0.1) is 5.92 Å². The van der Waals surface area contributed by atoms with E-state index in [9.17, 15) is 5.11 Å². The SMILES string of the molecule is CCC(N)C(CO)N1CCC2C(CCCN2C)C1. The van der Waals surface area contributed by atoms with Crippen molar-refractivity contribution in [1.82, 2.24) is 9.80 Å². The standard InChI is InChI=1S/C14H29N3O/c1-3-12(15)14(10-18)17-8-6-13-11(9-17)5-4-7-16(13)2/h11-14,18H,3-10,15H2,1-2H3. The predicted molar refractivity (Wildman–Crippen MR) is 74.5 cm³/mol. The van der Waals surface area contributed by atoms with Gasteiger partial charge in [-0.1, -0.05) is 6.92 Å². The number of aliphatic hydroxyl groups excluding tert-OH is 1. The van der Waals surface area contributed by atoms with Crippen LogP contribution in [0.4, 0.5) is 0 Å². The third-order valence-corrected chi connectivity index (χ3v) is 5.00. The monoisotopic (exact) mass is 255 g/mol. The van der Waals surface area contributed by atoms with Crippen molar-refractivity contribution in [3.8, 4) is 0 Å². The minimum atomic E-state index is 0.105. The number of fused-ring (bicyclic) bond motifs is 1. The summed E-state index contributed by atoms with van der Waals surface area (Å²) in [6.07, 6.45) is 4.82. The van der Waals surface area contributed by atoms with Crippen molar-refractivity contribution in [3.63, 3.8) is 0 Å². The predicted octanol–water partition coefficient (Wildman–Crippen LogP) is 0.501. The Morgan fingerprint density at radius 3 is 2.78 bits per heavy atom. The molecule has 3 N–H and O–H groups in total. The van der Waals surface area contributed by atoms with Crippen LogP contribution < -0.4 is 5.73 Å². The summed E-state index contributed by atoms with van der Waals surface area (Å²) in [7, 11) is 2.26. The fourth-order valence-electron chi connectivity index (χ4n) is 3.78. The number of hydrogen-bond acceptors (Lipinski definition) is 4. The Morgan fingerprint density at radius 2 is 2.11 bits per heavy atom. The summed E-state index contributed by atoms with van der Waals surface area (Å²) in [5, 5.41) is 9.60. The van der Waals surface area contributed by atoms with E-state index in [-0.39, 0.29) is 18.7 Å². The first-order valence-electron chi connectivity index (χ1n) is 7.48. The molecular formula is C14H29N3O. The van der Waals surface area contributed by atoms with Crippen LogP contribution in [-0.4, -0.2) is 66.3 Å². The molecule has 4 unspecified atom stereocenters. The Hall–Kier alpha value is -0.160. The van der Waals surface area contributed by atoms with Gasteiger partial charge in [-0.05, 0) is 45.2 Å². The van der Waals surface area contributed by atoms with Crippen LogP contribution >= 0.6 is 0 Å². The van der Waals surface area contributed by atoms with Gasteiger partial charge in [-0.25, -0.2) is 0 Å². The maximum absolute atomic E-state index is 9.60. The quantitative estimate of drug-likeness (QED) is 0.768. The van der Waals surface area contributed by atoms with Crippen molar-refractivity contribution in [2.45, 2.75) is 50.7 Å². The van der Waals surface area contributed by atoms with E-state index in [1.807, 2.05) is 0 Å². The summed E-state index contributed by atoms with van der Waals surface area (Å²) in [6.45, 7) is 5.76. The van der Waals surface area contributed by atoms with Crippen LogP contribution in [0.1, 0.15) is 32.6 Å². The number of likely N-dealkylation sites (tertiary alicyclic amines) is 2. The van der Waals surface area contributed by atoms with Crippen LogP contribution in [0.3, 0.4) is 0 Å². The van der Waals surface area contributed by atoms with Crippen molar-refractivity contribution in [2.75, 3.05) is 33.3 Å². The fraction of sp³-hybridized carbons (Fsp3) is 1.00. The Morgan fingerprint density at radius 1 is 1.33 bits per heavy atom. The second-order valence-electron chi connectivity index (χ2n) is 6.06. The van der Waals surface area contributed by atoms with Crippen LogP contribution in [0.15, 0.2) is 0 Å². The average Bonchev–Trinajstić information content (AvgIpc) is 2.39. The zero-order valence-corrected chi connectivity index (χ0v) is 11.9. The highest BCUT2D eigenvalue weighted by Crippen LogP contribution is 2.30. The second kappa shape index (κ2) is 6.33. The van der Waals surface area contributed by atoms with E-state index in [1.54, 1.807) is 0 Å². The van der Waals surface area contributed by atoms with Gasteiger partial charge in [-0.2, -0.15) is 0 Å². The maximum atomic E-state index is 9.60. The van der Waals surface area contributed by atoms with Gasteiger partial charge in [0.05, 0.1) is 6.61 Å². The topological polar surface area (TPSA) is 52.7 Å². The molecule has 0 amide bonds. The molecule has 2 aliphatic heterocycles. The first-order chi connectivity index (χ1) is 8.67. The zero-order chi connectivity index (χ0) is 13.1. The molecule has 0 aromatic carbocycles. The van der Waals surface area contributed by atoms with Gasteiger partial charge in [0, 0.05) is 31.2 Å². The van der Waals surface area contributed by atoms with Crippen molar-refractivity contribution in [2.24, 2.45) is 11.7 Å². The lowest BCUT2D eigenvalue weighted by Gasteiger charge is -2.48. The summed E-state index contributed by atoms with van der Waals surface area (Å²) in [5.41, 5.74) is 6.14. The van der Waals surface area contributed by atoms with E-state index in [0.29, 0.717) is 0 Å². The summed E-state index contributed by atoms with van der Waals surface area (Å²) in [5.74, 6) is 0.774. The van der Waals surface area contributed by atoms with Gasteiger partial charge in [-0.3, -0.25) is 4.90 Å². The van der Waals surface area contributed by atoms with E-state index in [1.165, 1.54) is 25.8 Å². The normalized spacial score (nSPS) is 34.0. The lowest BCUT2D eigenvalue weighted by Crippen LogP contribution is -2.58. The van der Waals surface area contributed by atoms with Gasteiger partial charge in [0.2, 0.25) is 0 Å². The molecule has 2 fully saturated rings. The van der Waals surface area contributed by atoms with Crippen molar-refractivity contribution < 1.29 is 5.11 Å². The van der Waals surface area contributed by atoms with E-state index in [2.05, 4.69) is 23.8 Å². The smallest absolute Gasteiger partial charge is 0.0601 e. The Bertz CT molecular complexity index is 261. The van der Waals surface area contributed by atoms with E-state index >= 15 is 0 Å². The highest BCUT2D eigenvalue weighted by molar-refractivity contribution is 4.93. The Kier molecular flexibility index (Phi) is 5.01. The highest BCUT2D eigenvalue weighted by atomic mass is 16.3. The molecule has 2 rings (SSSR count). The van der Waals surface area contributed by atoms with Gasteiger partial charge in [0.25, 0.3) is 0 Å². The molecular weight excluding hydrogens is 226 g/mol. The molecule has 4 nitrogen and oxygen atoms in total.